The molecule has 3 aliphatic heterocycles. The molecular formula is C38H59N11O15. The van der Waals surface area contributed by atoms with E-state index in [-0.39, 0.29) is 32.5 Å². The van der Waals surface area contributed by atoms with Crippen LogP contribution in [0.2, 0.25) is 0 Å². The molecule has 3 aliphatic rings. The van der Waals surface area contributed by atoms with Gasteiger partial charge in [-0.1, -0.05) is 20.3 Å². The van der Waals surface area contributed by atoms with E-state index in [1.54, 1.807) is 13.8 Å². The molecule has 356 valence electrons. The molecule has 0 aromatic heterocycles. The van der Waals surface area contributed by atoms with Crippen molar-refractivity contribution in [1.82, 2.24) is 52.3 Å². The summed E-state index contributed by atoms with van der Waals surface area (Å²) in [5, 5.41) is 47.3. The summed E-state index contributed by atoms with van der Waals surface area (Å²) in [7, 11) is 0. The van der Waals surface area contributed by atoms with Crippen LogP contribution in [0.4, 0.5) is 0 Å². The number of aliphatic hydroxyl groups is 1. The Kier molecular flexibility index (Phi) is 19.8. The van der Waals surface area contributed by atoms with Crippen LogP contribution in [-0.2, 0) is 57.5 Å². The van der Waals surface area contributed by atoms with E-state index in [0.29, 0.717) is 25.7 Å². The maximum atomic E-state index is 14.1. The monoisotopic (exact) mass is 909 g/mol. The minimum atomic E-state index is -1.83. The number of fused-ring (bicyclic) bond motifs is 2. The second-order valence-electron chi connectivity index (χ2n) is 15.8. The number of carbonyl (C=O) groups is 12. The number of aliphatic hydroxyl groups excluding tert-OH is 1. The van der Waals surface area contributed by atoms with E-state index in [9.17, 15) is 72.9 Å². The van der Waals surface area contributed by atoms with E-state index < -0.39 is 158 Å². The van der Waals surface area contributed by atoms with Gasteiger partial charge in [-0.3, -0.25) is 57.5 Å². The molecule has 3 rings (SSSR count). The molecule has 0 aromatic carbocycles. The number of carbonyl (C=O) groups excluding carboxylic acids is 10. The van der Waals surface area contributed by atoms with Crippen molar-refractivity contribution in [1.29, 1.82) is 0 Å². The maximum absolute atomic E-state index is 14.1. The van der Waals surface area contributed by atoms with E-state index in [1.807, 2.05) is 0 Å². The van der Waals surface area contributed by atoms with E-state index in [2.05, 4.69) is 42.5 Å². The smallest absolute Gasteiger partial charge is 0.305 e. The van der Waals surface area contributed by atoms with E-state index in [0.717, 1.165) is 0 Å². The van der Waals surface area contributed by atoms with Gasteiger partial charge in [0.1, 0.15) is 42.3 Å². The number of amides is 10. The molecule has 3 heterocycles. The Balaban J connectivity index is 1.92. The average molecular weight is 910 g/mol. The summed E-state index contributed by atoms with van der Waals surface area (Å²) >= 11 is 0. The molecule has 26 nitrogen and oxygen atoms in total. The first kappa shape index (κ1) is 51.9. The molecule has 3 saturated heterocycles. The van der Waals surface area contributed by atoms with E-state index >= 15 is 0 Å². The van der Waals surface area contributed by atoms with Crippen LogP contribution < -0.4 is 48.3 Å². The number of piperidine rings is 1. The summed E-state index contributed by atoms with van der Waals surface area (Å²) in [6.45, 7) is 1.80. The van der Waals surface area contributed by atoms with Crippen molar-refractivity contribution in [2.75, 3.05) is 39.3 Å². The lowest BCUT2D eigenvalue weighted by Gasteiger charge is -2.36. The minimum absolute atomic E-state index is 0.105. The topological polar surface area (TPSA) is 394 Å². The van der Waals surface area contributed by atoms with Gasteiger partial charge in [0.25, 0.3) is 0 Å². The quantitative estimate of drug-likeness (QED) is 0.113. The normalized spacial score (nSPS) is 28.2. The molecule has 13 N–H and O–H groups in total. The second-order valence-corrected chi connectivity index (χ2v) is 15.8. The third-order valence-corrected chi connectivity index (χ3v) is 10.9. The molecule has 0 saturated carbocycles. The van der Waals surface area contributed by atoms with Crippen LogP contribution in [0.5, 0.6) is 0 Å². The largest absolute Gasteiger partial charge is 0.481 e. The summed E-state index contributed by atoms with van der Waals surface area (Å²) in [6.07, 6.45) is -1.36. The summed E-state index contributed by atoms with van der Waals surface area (Å²) in [5.74, 6) is -13.0. The molecule has 0 aliphatic carbocycles. The zero-order valence-corrected chi connectivity index (χ0v) is 35.8. The van der Waals surface area contributed by atoms with Gasteiger partial charge in [-0.2, -0.15) is 0 Å². The third-order valence-electron chi connectivity index (χ3n) is 10.9. The lowest BCUT2D eigenvalue weighted by molar-refractivity contribution is -0.144. The highest BCUT2D eigenvalue weighted by molar-refractivity contribution is 5.98. The van der Waals surface area contributed by atoms with Gasteiger partial charge in [0.05, 0.1) is 38.6 Å². The summed E-state index contributed by atoms with van der Waals surface area (Å²) in [6, 6.07) is -10.0. The summed E-state index contributed by atoms with van der Waals surface area (Å²) in [4.78, 5) is 158. The van der Waals surface area contributed by atoms with Crippen LogP contribution in [0.3, 0.4) is 0 Å². The summed E-state index contributed by atoms with van der Waals surface area (Å²) in [5.41, 5.74) is 6.22. The lowest BCUT2D eigenvalue weighted by Crippen LogP contribution is -2.61. The van der Waals surface area contributed by atoms with Gasteiger partial charge in [0.15, 0.2) is 0 Å². The molecule has 0 radical (unpaired) electrons. The molecule has 64 heavy (non-hydrogen) atoms. The number of aliphatic carboxylic acids is 2. The van der Waals surface area contributed by atoms with Gasteiger partial charge in [-0.25, -0.2) is 0 Å². The molecule has 0 spiro atoms. The number of rotatable bonds is 7. The van der Waals surface area contributed by atoms with Crippen LogP contribution in [0.15, 0.2) is 0 Å². The molecule has 9 unspecified atom stereocenters. The first-order valence-corrected chi connectivity index (χ1v) is 20.9. The predicted molar refractivity (Wildman–Crippen MR) is 217 cm³/mol. The van der Waals surface area contributed by atoms with Crippen LogP contribution in [0, 0.1) is 5.92 Å². The fourth-order valence-electron chi connectivity index (χ4n) is 7.26. The molecule has 3 fully saturated rings. The van der Waals surface area contributed by atoms with Crippen molar-refractivity contribution in [3.05, 3.63) is 0 Å². The highest BCUT2D eigenvalue weighted by Gasteiger charge is 2.41. The number of carboxylic acid groups (broad SMARTS) is 2. The van der Waals surface area contributed by atoms with Crippen LogP contribution >= 0.6 is 0 Å². The first-order chi connectivity index (χ1) is 30.1. The molecule has 10 amide bonds. The molecule has 0 bridgehead atoms. The van der Waals surface area contributed by atoms with Gasteiger partial charge in [-0.05, 0) is 44.9 Å². The second kappa shape index (κ2) is 24.4. The Hall–Kier alpha value is -6.44. The third kappa shape index (κ3) is 15.1. The lowest BCUT2D eigenvalue weighted by atomic mass is 9.96. The van der Waals surface area contributed by atoms with Crippen LogP contribution in [0.25, 0.3) is 0 Å². The fraction of sp³-hybridized carbons (Fsp3) is 0.684. The number of nitrogens with zero attached hydrogens (tertiary/aromatic N) is 2. The van der Waals surface area contributed by atoms with Crippen molar-refractivity contribution < 1.29 is 72.9 Å². The average Bonchev–Trinajstić information content (AvgIpc) is 3.75. The van der Waals surface area contributed by atoms with E-state index in [1.165, 1.54) is 16.7 Å². The molecule has 0 aromatic rings. The number of hydrogen-bond acceptors (Lipinski definition) is 14. The highest BCUT2D eigenvalue weighted by atomic mass is 16.4. The Bertz CT molecular complexity index is 1810. The van der Waals surface area contributed by atoms with Crippen molar-refractivity contribution >= 4 is 71.0 Å². The molecular weight excluding hydrogens is 850 g/mol. The SMILES string of the molecule is CCC(C)C1NC(=O)C(C(C)O)NC(=O)CNC(=O)C(CC(=O)O)NC(=O)CNC(=O)C(CC(=O)O)NC(=O)CNC(=O)C2CCCCN2C(=O)C(N)CNC(=O)C2CCCN2C1=O. The standard InChI is InChI=1S/C38H59N11O15/c1-4-18(2)30-38(64)49-11-7-9-24(49)34(60)40-14-20(39)37(63)48-10-6-5-8-23(48)35(61)43-16-26(52)45-21(12-28(54)55)32(58)41-15-25(51)44-22(13-29(56)57)33(59)42-17-27(53)46-31(19(3)50)36(62)47-30/h18-24,30-31,50H,4-17,39H2,1-3H3,(H,40,60)(H,41,58)(H,42,59)(H,43,61)(H,44,51)(H,45,52)(H,46,53)(H,47,62)(H,54,55)(H,56,57). The Labute approximate surface area is 367 Å². The number of nitrogens with two attached hydrogens (primary N) is 1. The Morgan fingerprint density at radius 3 is 1.56 bits per heavy atom. The predicted octanol–water partition coefficient (Wildman–Crippen LogP) is -6.52. The van der Waals surface area contributed by atoms with Gasteiger partial charge >= 0.3 is 11.9 Å². The van der Waals surface area contributed by atoms with Crippen LogP contribution in [-0.4, -0.2) is 184 Å². The minimum Gasteiger partial charge on any atom is -0.481 e. The van der Waals surface area contributed by atoms with Gasteiger partial charge < -0.3 is 73.4 Å². The van der Waals surface area contributed by atoms with Gasteiger partial charge in [-0.15, -0.1) is 0 Å². The zero-order valence-electron chi connectivity index (χ0n) is 35.8. The first-order valence-electron chi connectivity index (χ1n) is 20.9. The van der Waals surface area contributed by atoms with Crippen LogP contribution in [0.1, 0.15) is 72.1 Å². The number of nitrogens with one attached hydrogen (secondary N) is 8. The fourth-order valence-corrected chi connectivity index (χ4v) is 7.26. The van der Waals surface area contributed by atoms with Crippen molar-refractivity contribution in [3.8, 4) is 0 Å². The van der Waals surface area contributed by atoms with Crippen molar-refractivity contribution in [3.63, 3.8) is 0 Å². The number of hydrogen-bond donors (Lipinski definition) is 12. The molecule has 9 atom stereocenters. The van der Waals surface area contributed by atoms with Gasteiger partial charge in [0, 0.05) is 19.6 Å². The zero-order chi connectivity index (χ0) is 47.8. The van der Waals surface area contributed by atoms with Crippen molar-refractivity contribution in [2.45, 2.75) is 121 Å². The highest BCUT2D eigenvalue weighted by Crippen LogP contribution is 2.22. The molecule has 26 heteroatoms. The van der Waals surface area contributed by atoms with Gasteiger partial charge in [0.2, 0.25) is 59.1 Å². The van der Waals surface area contributed by atoms with E-state index in [4.69, 9.17) is 5.73 Å². The number of carboxylic acids is 2. The Morgan fingerprint density at radius 2 is 1.06 bits per heavy atom. The Morgan fingerprint density at radius 1 is 0.609 bits per heavy atom. The maximum Gasteiger partial charge on any atom is 0.305 e. The van der Waals surface area contributed by atoms with Crippen molar-refractivity contribution in [2.24, 2.45) is 11.7 Å². The summed E-state index contributed by atoms with van der Waals surface area (Å²) < 4.78 is 0.